The summed E-state index contributed by atoms with van der Waals surface area (Å²) in [6.45, 7) is 0. The van der Waals surface area contributed by atoms with Gasteiger partial charge < -0.3 is 5.32 Å². The fourth-order valence-electron chi connectivity index (χ4n) is 2.45. The third-order valence-electron chi connectivity index (χ3n) is 3.83. The highest BCUT2D eigenvalue weighted by molar-refractivity contribution is 7.91. The van der Waals surface area contributed by atoms with E-state index in [0.29, 0.717) is 5.82 Å². The van der Waals surface area contributed by atoms with Crippen molar-refractivity contribution in [3.05, 3.63) is 83.8 Å². The van der Waals surface area contributed by atoms with Crippen LogP contribution in [0, 0.1) is 5.82 Å². The monoisotopic (exact) mass is 368 g/mol. The van der Waals surface area contributed by atoms with Gasteiger partial charge in [0.05, 0.1) is 4.90 Å². The maximum Gasteiger partial charge on any atom is 0.210 e. The minimum absolute atomic E-state index is 0.136. The van der Waals surface area contributed by atoms with Crippen LogP contribution in [0.5, 0.6) is 0 Å². The lowest BCUT2D eigenvalue weighted by molar-refractivity contribution is 0.596. The van der Waals surface area contributed by atoms with Gasteiger partial charge in [0.2, 0.25) is 9.84 Å². The minimum atomic E-state index is -3.66. The second kappa shape index (κ2) is 7.49. The van der Waals surface area contributed by atoms with Crippen LogP contribution < -0.4 is 5.32 Å². The average molecular weight is 368 g/mol. The normalized spacial score (nSPS) is 11.6. The molecule has 1 N–H and O–H groups in total. The van der Waals surface area contributed by atoms with E-state index in [2.05, 4.69) is 10.3 Å². The van der Waals surface area contributed by atoms with Crippen molar-refractivity contribution in [2.75, 3.05) is 12.4 Å². The largest absolute Gasteiger partial charge is 0.372 e. The van der Waals surface area contributed by atoms with E-state index in [4.69, 9.17) is 0 Å². The van der Waals surface area contributed by atoms with Gasteiger partial charge in [-0.15, -0.1) is 0 Å². The molecular weight excluding hydrogens is 351 g/mol. The third kappa shape index (κ3) is 3.81. The van der Waals surface area contributed by atoms with Crippen molar-refractivity contribution < 1.29 is 12.8 Å². The zero-order valence-corrected chi connectivity index (χ0v) is 14.9. The van der Waals surface area contributed by atoms with Crippen LogP contribution >= 0.6 is 0 Å². The molecule has 6 heteroatoms. The first kappa shape index (κ1) is 17.8. The summed E-state index contributed by atoms with van der Waals surface area (Å²) in [4.78, 5) is 4.38. The topological polar surface area (TPSA) is 59.1 Å². The lowest BCUT2D eigenvalue weighted by Gasteiger charge is -2.09. The van der Waals surface area contributed by atoms with Crippen LogP contribution in [-0.2, 0) is 9.84 Å². The van der Waals surface area contributed by atoms with Crippen LogP contribution in [0.2, 0.25) is 0 Å². The van der Waals surface area contributed by atoms with E-state index in [1.165, 1.54) is 24.4 Å². The quantitative estimate of drug-likeness (QED) is 0.684. The summed E-state index contributed by atoms with van der Waals surface area (Å²) in [5.74, 6) is 0.0285. The summed E-state index contributed by atoms with van der Waals surface area (Å²) >= 11 is 0. The number of benzene rings is 2. The van der Waals surface area contributed by atoms with Crippen LogP contribution in [0.4, 0.5) is 10.2 Å². The van der Waals surface area contributed by atoms with Crippen LogP contribution in [0.3, 0.4) is 0 Å². The maximum absolute atomic E-state index is 12.9. The van der Waals surface area contributed by atoms with E-state index in [1.54, 1.807) is 49.5 Å². The van der Waals surface area contributed by atoms with Gasteiger partial charge in [-0.25, -0.2) is 17.8 Å². The molecule has 0 atom stereocenters. The number of nitrogens with one attached hydrogen (secondary N) is 1. The summed E-state index contributed by atoms with van der Waals surface area (Å²) < 4.78 is 38.5. The van der Waals surface area contributed by atoms with E-state index in [-0.39, 0.29) is 15.6 Å². The summed E-state index contributed by atoms with van der Waals surface area (Å²) in [5, 5.41) is 2.80. The number of hydrogen-bond donors (Lipinski definition) is 1. The van der Waals surface area contributed by atoms with Crippen LogP contribution in [0.1, 0.15) is 11.1 Å². The standard InChI is InChI=1S/C20H17FN2O2S/c1-22-20-19(3-2-14-23-20)26(24,25)18-12-8-16(9-13-18)5-4-15-6-10-17(21)11-7-15/h2-14H,1H3,(H,22,23)/b5-4+. The van der Waals surface area contributed by atoms with Gasteiger partial charge in [0.15, 0.2) is 0 Å². The first-order chi connectivity index (χ1) is 12.5. The molecule has 0 aliphatic carbocycles. The summed E-state index contributed by atoms with van der Waals surface area (Å²) in [5.41, 5.74) is 1.70. The number of rotatable bonds is 5. The number of sulfone groups is 1. The maximum atomic E-state index is 12.9. The third-order valence-corrected chi connectivity index (χ3v) is 5.63. The van der Waals surface area contributed by atoms with Crippen molar-refractivity contribution in [1.82, 2.24) is 4.98 Å². The Labute approximate surface area is 152 Å². The number of aromatic nitrogens is 1. The molecule has 3 aromatic rings. The molecular formula is C20H17FN2O2S. The fraction of sp³-hybridized carbons (Fsp3) is 0.0500. The predicted molar refractivity (Wildman–Crippen MR) is 101 cm³/mol. The van der Waals surface area contributed by atoms with Gasteiger partial charge in [-0.05, 0) is 47.5 Å². The zero-order valence-electron chi connectivity index (χ0n) is 14.1. The number of nitrogens with zero attached hydrogens (tertiary/aromatic N) is 1. The molecule has 0 unspecified atom stereocenters. The molecule has 132 valence electrons. The smallest absolute Gasteiger partial charge is 0.210 e. The van der Waals surface area contributed by atoms with Gasteiger partial charge in [0, 0.05) is 13.2 Å². The highest BCUT2D eigenvalue weighted by Gasteiger charge is 2.21. The number of hydrogen-bond acceptors (Lipinski definition) is 4. The van der Waals surface area contributed by atoms with Crippen molar-refractivity contribution >= 4 is 27.8 Å². The molecule has 0 saturated carbocycles. The fourth-order valence-corrected chi connectivity index (χ4v) is 3.86. The first-order valence-electron chi connectivity index (χ1n) is 7.92. The zero-order chi connectivity index (χ0) is 18.6. The van der Waals surface area contributed by atoms with Crippen LogP contribution in [0.15, 0.2) is 76.7 Å². The molecule has 0 bridgehead atoms. The molecule has 0 amide bonds. The van der Waals surface area contributed by atoms with Gasteiger partial charge in [-0.2, -0.15) is 0 Å². The Kier molecular flexibility index (Phi) is 5.14. The number of pyridine rings is 1. The molecule has 4 nitrogen and oxygen atoms in total. The van der Waals surface area contributed by atoms with Gasteiger partial charge in [-0.3, -0.25) is 0 Å². The molecule has 3 rings (SSSR count). The molecule has 2 aromatic carbocycles. The molecule has 0 fully saturated rings. The molecule has 0 saturated heterocycles. The van der Waals surface area contributed by atoms with E-state index in [0.717, 1.165) is 11.1 Å². The highest BCUT2D eigenvalue weighted by Crippen LogP contribution is 2.26. The minimum Gasteiger partial charge on any atom is -0.372 e. The van der Waals surface area contributed by atoms with Gasteiger partial charge >= 0.3 is 0 Å². The average Bonchev–Trinajstić information content (AvgIpc) is 2.68. The van der Waals surface area contributed by atoms with Crippen LogP contribution in [-0.4, -0.2) is 20.4 Å². The second-order valence-corrected chi connectivity index (χ2v) is 7.48. The number of anilines is 1. The summed E-state index contributed by atoms with van der Waals surface area (Å²) in [6, 6.07) is 15.8. The van der Waals surface area contributed by atoms with Gasteiger partial charge in [-0.1, -0.05) is 36.4 Å². The Balaban J connectivity index is 1.86. The van der Waals surface area contributed by atoms with Crippen molar-refractivity contribution in [1.29, 1.82) is 0 Å². The lowest BCUT2D eigenvalue weighted by atomic mass is 10.1. The lowest BCUT2D eigenvalue weighted by Crippen LogP contribution is -2.07. The molecule has 1 heterocycles. The van der Waals surface area contributed by atoms with Crippen LogP contribution in [0.25, 0.3) is 12.2 Å². The summed E-state index contributed by atoms with van der Waals surface area (Å²) in [6.07, 6.45) is 5.21. The van der Waals surface area contributed by atoms with Crippen molar-refractivity contribution in [3.8, 4) is 0 Å². The van der Waals surface area contributed by atoms with E-state index in [1.807, 2.05) is 12.2 Å². The Bertz CT molecular complexity index is 1030. The molecule has 1 aromatic heterocycles. The SMILES string of the molecule is CNc1ncccc1S(=O)(=O)c1ccc(/C=C/c2ccc(F)cc2)cc1. The Morgan fingerprint density at radius 2 is 1.50 bits per heavy atom. The van der Waals surface area contributed by atoms with Crippen molar-refractivity contribution in [2.24, 2.45) is 0 Å². The van der Waals surface area contributed by atoms with E-state index in [9.17, 15) is 12.8 Å². The molecule has 0 aliphatic rings. The Morgan fingerprint density at radius 3 is 2.08 bits per heavy atom. The van der Waals surface area contributed by atoms with E-state index < -0.39 is 9.84 Å². The highest BCUT2D eigenvalue weighted by atomic mass is 32.2. The summed E-state index contributed by atoms with van der Waals surface area (Å²) in [7, 11) is -2.03. The molecule has 0 radical (unpaired) electrons. The number of halogens is 1. The van der Waals surface area contributed by atoms with E-state index >= 15 is 0 Å². The van der Waals surface area contributed by atoms with Gasteiger partial charge in [0.1, 0.15) is 16.5 Å². The molecule has 0 spiro atoms. The molecule has 26 heavy (non-hydrogen) atoms. The van der Waals surface area contributed by atoms with Gasteiger partial charge in [0.25, 0.3) is 0 Å². The van der Waals surface area contributed by atoms with Crippen molar-refractivity contribution in [3.63, 3.8) is 0 Å². The second-order valence-electron chi connectivity index (χ2n) is 5.56. The Morgan fingerprint density at radius 1 is 0.923 bits per heavy atom. The Hall–Kier alpha value is -2.99. The molecule has 0 aliphatic heterocycles. The predicted octanol–water partition coefficient (Wildman–Crippen LogP) is 4.27. The van der Waals surface area contributed by atoms with Crippen molar-refractivity contribution in [2.45, 2.75) is 9.79 Å². The first-order valence-corrected chi connectivity index (χ1v) is 9.40.